The Hall–Kier alpha value is -1.55. The molecule has 1 aliphatic carbocycles. The summed E-state index contributed by atoms with van der Waals surface area (Å²) in [5, 5.41) is 3.84. The molecule has 2 heterocycles. The molecule has 1 aromatic carbocycles. The lowest BCUT2D eigenvalue weighted by Gasteiger charge is -2.55. The van der Waals surface area contributed by atoms with Crippen LogP contribution in [0.2, 0.25) is 0 Å². The monoisotopic (exact) mass is 355 g/mol. The van der Waals surface area contributed by atoms with Gasteiger partial charge in [0.2, 0.25) is 0 Å². The summed E-state index contributed by atoms with van der Waals surface area (Å²) in [6, 6.07) is 11.4. The molecule has 4 atom stereocenters. The average Bonchev–Trinajstić information content (AvgIpc) is 3.28. The average molecular weight is 356 g/mol. The Morgan fingerprint density at radius 1 is 1.27 bits per heavy atom. The van der Waals surface area contributed by atoms with Crippen LogP contribution in [0.15, 0.2) is 35.3 Å². The minimum absolute atomic E-state index is 0.193. The zero-order valence-electron chi connectivity index (χ0n) is 16.4. The number of rotatable bonds is 4. The number of likely N-dealkylation sites (tertiary alicyclic amines) is 1. The summed E-state index contributed by atoms with van der Waals surface area (Å²) in [7, 11) is 0. The van der Waals surface area contributed by atoms with Gasteiger partial charge in [0.15, 0.2) is 5.96 Å². The van der Waals surface area contributed by atoms with Crippen molar-refractivity contribution in [1.82, 2.24) is 10.2 Å². The highest BCUT2D eigenvalue weighted by molar-refractivity contribution is 5.81. The molecular formula is C22H33N3O. The number of fused-ring (bicyclic) bond motifs is 1. The second-order valence-electron chi connectivity index (χ2n) is 8.78. The fourth-order valence-electron chi connectivity index (χ4n) is 5.28. The number of nitrogens with zero attached hydrogens (tertiary/aromatic N) is 2. The second kappa shape index (κ2) is 7.22. The third-order valence-corrected chi connectivity index (χ3v) is 6.65. The van der Waals surface area contributed by atoms with E-state index in [1.54, 1.807) is 0 Å². The largest absolute Gasteiger partial charge is 0.377 e. The first kappa shape index (κ1) is 17.8. The maximum absolute atomic E-state index is 5.95. The molecule has 0 bridgehead atoms. The molecule has 3 fully saturated rings. The van der Waals surface area contributed by atoms with Gasteiger partial charge in [-0.15, -0.1) is 0 Å². The van der Waals surface area contributed by atoms with E-state index in [9.17, 15) is 0 Å². The lowest BCUT2D eigenvalue weighted by molar-refractivity contribution is -0.107. The quantitative estimate of drug-likeness (QED) is 0.665. The maximum atomic E-state index is 5.95. The molecule has 4 heteroatoms. The van der Waals surface area contributed by atoms with Gasteiger partial charge in [0.25, 0.3) is 0 Å². The summed E-state index contributed by atoms with van der Waals surface area (Å²) in [5.74, 6) is 2.49. The Morgan fingerprint density at radius 2 is 2.08 bits per heavy atom. The molecule has 4 unspecified atom stereocenters. The lowest BCUT2D eigenvalue weighted by Crippen LogP contribution is -2.68. The van der Waals surface area contributed by atoms with Crippen molar-refractivity contribution in [3.8, 4) is 0 Å². The number of guanidine groups is 1. The van der Waals surface area contributed by atoms with Crippen molar-refractivity contribution in [1.29, 1.82) is 0 Å². The van der Waals surface area contributed by atoms with Crippen molar-refractivity contribution in [2.24, 2.45) is 22.2 Å². The van der Waals surface area contributed by atoms with Crippen molar-refractivity contribution in [2.45, 2.75) is 52.2 Å². The highest BCUT2D eigenvalue weighted by atomic mass is 16.5. The molecule has 1 N–H and O–H groups in total. The van der Waals surface area contributed by atoms with E-state index in [-0.39, 0.29) is 5.41 Å². The Labute approximate surface area is 158 Å². The van der Waals surface area contributed by atoms with E-state index in [0.717, 1.165) is 38.1 Å². The van der Waals surface area contributed by atoms with Gasteiger partial charge in [0.1, 0.15) is 0 Å². The Bertz CT molecular complexity index is 642. The van der Waals surface area contributed by atoms with Gasteiger partial charge in [0, 0.05) is 43.6 Å². The van der Waals surface area contributed by atoms with Crippen molar-refractivity contribution < 1.29 is 4.74 Å². The highest BCUT2D eigenvalue weighted by Crippen LogP contribution is 2.52. The van der Waals surface area contributed by atoms with Crippen LogP contribution in [0.4, 0.5) is 0 Å². The van der Waals surface area contributed by atoms with Crippen LogP contribution < -0.4 is 5.32 Å². The van der Waals surface area contributed by atoms with Gasteiger partial charge in [-0.2, -0.15) is 0 Å². The molecule has 26 heavy (non-hydrogen) atoms. The topological polar surface area (TPSA) is 36.9 Å². The number of aliphatic imine (C=N–C) groups is 1. The van der Waals surface area contributed by atoms with Gasteiger partial charge >= 0.3 is 0 Å². The smallest absolute Gasteiger partial charge is 0.194 e. The van der Waals surface area contributed by atoms with Crippen LogP contribution in [0.3, 0.4) is 0 Å². The van der Waals surface area contributed by atoms with Crippen LogP contribution >= 0.6 is 0 Å². The number of hydrogen-bond acceptors (Lipinski definition) is 2. The zero-order chi connectivity index (χ0) is 18.1. The minimum Gasteiger partial charge on any atom is -0.377 e. The minimum atomic E-state index is 0.193. The van der Waals surface area contributed by atoms with E-state index in [4.69, 9.17) is 9.73 Å². The van der Waals surface area contributed by atoms with Crippen molar-refractivity contribution in [3.05, 3.63) is 35.9 Å². The molecule has 4 nitrogen and oxygen atoms in total. The second-order valence-corrected chi connectivity index (χ2v) is 8.78. The van der Waals surface area contributed by atoms with Gasteiger partial charge in [-0.25, -0.2) is 0 Å². The van der Waals surface area contributed by atoms with E-state index < -0.39 is 0 Å². The first-order valence-corrected chi connectivity index (χ1v) is 10.3. The van der Waals surface area contributed by atoms with Gasteiger partial charge in [-0.3, -0.25) is 4.99 Å². The summed E-state index contributed by atoms with van der Waals surface area (Å²) >= 11 is 0. The van der Waals surface area contributed by atoms with Gasteiger partial charge in [-0.05, 0) is 37.7 Å². The van der Waals surface area contributed by atoms with E-state index >= 15 is 0 Å². The fraction of sp³-hybridized carbons (Fsp3) is 0.682. The highest BCUT2D eigenvalue weighted by Gasteiger charge is 2.59. The van der Waals surface area contributed by atoms with Gasteiger partial charge in [-0.1, -0.05) is 44.2 Å². The summed E-state index contributed by atoms with van der Waals surface area (Å²) in [4.78, 5) is 7.32. The van der Waals surface area contributed by atoms with Crippen LogP contribution in [0.25, 0.3) is 0 Å². The zero-order valence-corrected chi connectivity index (χ0v) is 16.4. The third kappa shape index (κ3) is 3.24. The number of ether oxygens (including phenoxy) is 1. The van der Waals surface area contributed by atoms with Gasteiger partial charge in [0.05, 0.1) is 6.10 Å². The van der Waals surface area contributed by atoms with Gasteiger partial charge < -0.3 is 15.0 Å². The first-order valence-electron chi connectivity index (χ1n) is 10.3. The molecule has 2 saturated heterocycles. The molecule has 142 valence electrons. The Kier molecular flexibility index (Phi) is 4.96. The SMILES string of the molecule is CCN=C(NC1C2CCOC2C1(C)C)N1CCC(Cc2ccccc2)C1. The molecule has 0 amide bonds. The van der Waals surface area contributed by atoms with Crippen LogP contribution in [-0.2, 0) is 11.2 Å². The summed E-state index contributed by atoms with van der Waals surface area (Å²) in [5.41, 5.74) is 1.64. The van der Waals surface area contributed by atoms with E-state index in [0.29, 0.717) is 18.1 Å². The molecular weight excluding hydrogens is 322 g/mol. The van der Waals surface area contributed by atoms with Crippen molar-refractivity contribution in [3.63, 3.8) is 0 Å². The lowest BCUT2D eigenvalue weighted by atomic mass is 9.57. The van der Waals surface area contributed by atoms with Crippen LogP contribution in [0.5, 0.6) is 0 Å². The van der Waals surface area contributed by atoms with Crippen molar-refractivity contribution >= 4 is 5.96 Å². The normalized spacial score (nSPS) is 33.0. The summed E-state index contributed by atoms with van der Waals surface area (Å²) in [6.45, 7) is 10.8. The van der Waals surface area contributed by atoms with E-state index in [1.807, 2.05) is 0 Å². The third-order valence-electron chi connectivity index (χ3n) is 6.65. The fourth-order valence-corrected chi connectivity index (χ4v) is 5.28. The Balaban J connectivity index is 1.39. The van der Waals surface area contributed by atoms with Crippen molar-refractivity contribution in [2.75, 3.05) is 26.2 Å². The maximum Gasteiger partial charge on any atom is 0.194 e. The van der Waals surface area contributed by atoms with E-state index in [1.165, 1.54) is 24.8 Å². The van der Waals surface area contributed by atoms with Crippen LogP contribution in [-0.4, -0.2) is 49.2 Å². The Morgan fingerprint density at radius 3 is 2.85 bits per heavy atom. The standard InChI is InChI=1S/C22H33N3O/c1-4-23-21(24-19-18-11-13-26-20(18)22(19,2)3)25-12-10-17(15-25)14-16-8-6-5-7-9-16/h5-9,17-20H,4,10-15H2,1-3H3,(H,23,24). The molecule has 3 aliphatic rings. The molecule has 1 saturated carbocycles. The van der Waals surface area contributed by atoms with E-state index in [2.05, 4.69) is 61.3 Å². The summed E-state index contributed by atoms with van der Waals surface area (Å²) in [6.07, 6.45) is 4.03. The molecule has 1 aromatic rings. The van der Waals surface area contributed by atoms with Crippen LogP contribution in [0.1, 0.15) is 39.2 Å². The predicted molar refractivity (Wildman–Crippen MR) is 106 cm³/mol. The molecule has 0 spiro atoms. The molecule has 0 radical (unpaired) electrons. The number of nitrogens with one attached hydrogen (secondary N) is 1. The molecule has 0 aromatic heterocycles. The molecule has 2 aliphatic heterocycles. The van der Waals surface area contributed by atoms with Crippen LogP contribution in [0, 0.1) is 17.3 Å². The number of hydrogen-bond donors (Lipinski definition) is 1. The molecule has 4 rings (SSSR count). The first-order chi connectivity index (χ1) is 12.6. The number of benzene rings is 1. The predicted octanol–water partition coefficient (Wildman–Crippen LogP) is 3.33. The summed E-state index contributed by atoms with van der Waals surface area (Å²) < 4.78 is 5.95.